The SMILES string of the molecule is C[C@H](Oc1ccc(C(C)(C)C)cc1)C(=O)N1CCc2cc(S(=O)(=O)N(C)C)ccc21. The number of benzene rings is 2. The summed E-state index contributed by atoms with van der Waals surface area (Å²) in [5, 5.41) is 0. The highest BCUT2D eigenvalue weighted by atomic mass is 32.2. The number of hydrogen-bond acceptors (Lipinski definition) is 4. The number of anilines is 1. The molecule has 0 bridgehead atoms. The lowest BCUT2D eigenvalue weighted by Crippen LogP contribution is -2.39. The predicted molar refractivity (Wildman–Crippen MR) is 119 cm³/mol. The van der Waals surface area contributed by atoms with Crippen LogP contribution in [0.25, 0.3) is 0 Å². The number of hydrogen-bond donors (Lipinski definition) is 0. The van der Waals surface area contributed by atoms with Gasteiger partial charge in [-0.3, -0.25) is 4.79 Å². The maximum absolute atomic E-state index is 13.0. The highest BCUT2D eigenvalue weighted by molar-refractivity contribution is 7.89. The number of amides is 1. The van der Waals surface area contributed by atoms with Gasteiger partial charge < -0.3 is 9.64 Å². The second kappa shape index (κ2) is 8.04. The lowest BCUT2D eigenvalue weighted by Gasteiger charge is -2.23. The van der Waals surface area contributed by atoms with E-state index in [-0.39, 0.29) is 16.2 Å². The van der Waals surface area contributed by atoms with E-state index in [2.05, 4.69) is 20.8 Å². The molecule has 1 aliphatic heterocycles. The van der Waals surface area contributed by atoms with Gasteiger partial charge in [-0.2, -0.15) is 0 Å². The largest absolute Gasteiger partial charge is 0.481 e. The summed E-state index contributed by atoms with van der Waals surface area (Å²) in [6, 6.07) is 12.7. The van der Waals surface area contributed by atoms with Gasteiger partial charge in [0.15, 0.2) is 6.10 Å². The van der Waals surface area contributed by atoms with Crippen LogP contribution in [0.4, 0.5) is 5.69 Å². The van der Waals surface area contributed by atoms with Crippen molar-refractivity contribution in [1.82, 2.24) is 4.31 Å². The van der Waals surface area contributed by atoms with Crippen molar-refractivity contribution < 1.29 is 17.9 Å². The van der Waals surface area contributed by atoms with E-state index in [0.717, 1.165) is 11.3 Å². The standard InChI is InChI=1S/C23H30N2O4S/c1-16(29-19-9-7-18(8-10-19)23(2,3)4)22(26)25-14-13-17-15-20(11-12-21(17)25)30(27,28)24(5)6/h7-12,15-16H,13-14H2,1-6H3/t16-/m0/s1. The van der Waals surface area contributed by atoms with Gasteiger partial charge in [-0.1, -0.05) is 32.9 Å². The molecule has 0 N–H and O–H groups in total. The van der Waals surface area contributed by atoms with E-state index < -0.39 is 16.1 Å². The third-order valence-corrected chi connectivity index (χ3v) is 7.18. The summed E-state index contributed by atoms with van der Waals surface area (Å²) in [5.74, 6) is 0.507. The van der Waals surface area contributed by atoms with E-state index in [4.69, 9.17) is 4.74 Å². The zero-order valence-corrected chi connectivity index (χ0v) is 19.3. The third kappa shape index (κ3) is 4.37. The monoisotopic (exact) mass is 430 g/mol. The van der Waals surface area contributed by atoms with Gasteiger partial charge in [0.25, 0.3) is 5.91 Å². The molecule has 0 radical (unpaired) electrons. The molecule has 2 aromatic rings. The molecule has 0 saturated heterocycles. The van der Waals surface area contributed by atoms with Crippen LogP contribution >= 0.6 is 0 Å². The molecule has 0 unspecified atom stereocenters. The lowest BCUT2D eigenvalue weighted by molar-refractivity contribution is -0.124. The number of sulfonamides is 1. The fraction of sp³-hybridized carbons (Fsp3) is 0.435. The van der Waals surface area contributed by atoms with Crippen molar-refractivity contribution in [3.05, 3.63) is 53.6 Å². The summed E-state index contributed by atoms with van der Waals surface area (Å²) in [7, 11) is -0.491. The zero-order chi connectivity index (χ0) is 22.3. The van der Waals surface area contributed by atoms with Gasteiger partial charge in [0.2, 0.25) is 10.0 Å². The molecule has 0 aromatic heterocycles. The highest BCUT2D eigenvalue weighted by Gasteiger charge is 2.30. The Morgan fingerprint density at radius 3 is 2.30 bits per heavy atom. The van der Waals surface area contributed by atoms with Crippen molar-refractivity contribution in [3.8, 4) is 5.75 Å². The van der Waals surface area contributed by atoms with E-state index >= 15 is 0 Å². The van der Waals surface area contributed by atoms with E-state index in [1.807, 2.05) is 24.3 Å². The number of rotatable bonds is 5. The van der Waals surface area contributed by atoms with E-state index in [0.29, 0.717) is 18.7 Å². The van der Waals surface area contributed by atoms with Crippen molar-refractivity contribution >= 4 is 21.6 Å². The lowest BCUT2D eigenvalue weighted by atomic mass is 9.87. The Labute approximate surface area is 179 Å². The van der Waals surface area contributed by atoms with Gasteiger partial charge in [-0.15, -0.1) is 0 Å². The Balaban J connectivity index is 1.74. The van der Waals surface area contributed by atoms with Gasteiger partial charge >= 0.3 is 0 Å². The fourth-order valence-corrected chi connectivity index (χ4v) is 4.44. The molecule has 3 rings (SSSR count). The first-order valence-corrected chi connectivity index (χ1v) is 11.5. The second-order valence-electron chi connectivity index (χ2n) is 8.85. The van der Waals surface area contributed by atoms with E-state index in [1.165, 1.54) is 24.0 Å². The molecule has 7 heteroatoms. The molecule has 1 amide bonds. The number of ether oxygens (including phenoxy) is 1. The van der Waals surface area contributed by atoms with Crippen molar-refractivity contribution in [1.29, 1.82) is 0 Å². The predicted octanol–water partition coefficient (Wildman–Crippen LogP) is 3.59. The summed E-state index contributed by atoms with van der Waals surface area (Å²) in [4.78, 5) is 14.9. The smallest absolute Gasteiger partial charge is 0.267 e. The molecule has 0 saturated carbocycles. The molecule has 162 valence electrons. The van der Waals surface area contributed by atoms with Crippen LogP contribution in [0.1, 0.15) is 38.8 Å². The van der Waals surface area contributed by atoms with E-state index in [1.54, 1.807) is 30.0 Å². The number of nitrogens with zero attached hydrogens (tertiary/aromatic N) is 2. The van der Waals surface area contributed by atoms with E-state index in [9.17, 15) is 13.2 Å². The maximum atomic E-state index is 13.0. The van der Waals surface area contributed by atoms with Crippen LogP contribution < -0.4 is 9.64 Å². The third-order valence-electron chi connectivity index (χ3n) is 5.37. The quantitative estimate of drug-likeness (QED) is 0.727. The molecule has 2 aromatic carbocycles. The Kier molecular flexibility index (Phi) is 5.98. The molecule has 0 fully saturated rings. The van der Waals surface area contributed by atoms with Gasteiger partial charge in [0.05, 0.1) is 4.90 Å². The van der Waals surface area contributed by atoms with Crippen LogP contribution in [-0.2, 0) is 26.7 Å². The topological polar surface area (TPSA) is 66.9 Å². The summed E-state index contributed by atoms with van der Waals surface area (Å²) < 4.78 is 31.8. The van der Waals surface area contributed by atoms with Crippen molar-refractivity contribution in [2.75, 3.05) is 25.5 Å². The molecule has 1 heterocycles. The van der Waals surface area contributed by atoms with Crippen molar-refractivity contribution in [2.24, 2.45) is 0 Å². The average Bonchev–Trinajstić information content (AvgIpc) is 3.10. The van der Waals surface area contributed by atoms with Crippen LogP contribution in [0.2, 0.25) is 0 Å². The summed E-state index contributed by atoms with van der Waals surface area (Å²) in [6.07, 6.45) is -0.0353. The Hall–Kier alpha value is -2.38. The Bertz CT molecular complexity index is 1040. The van der Waals surface area contributed by atoms with Crippen LogP contribution in [0.5, 0.6) is 5.75 Å². The summed E-state index contributed by atoms with van der Waals surface area (Å²) in [6.45, 7) is 8.69. The molecular formula is C23H30N2O4S. The first kappa shape index (κ1) is 22.3. The van der Waals surface area contributed by atoms with Crippen molar-refractivity contribution in [2.45, 2.75) is 50.5 Å². The second-order valence-corrected chi connectivity index (χ2v) is 11.0. The number of fused-ring (bicyclic) bond motifs is 1. The van der Waals surface area contributed by atoms with Crippen LogP contribution in [0.15, 0.2) is 47.4 Å². The Morgan fingerprint density at radius 1 is 1.10 bits per heavy atom. The minimum absolute atomic E-state index is 0.0537. The first-order valence-electron chi connectivity index (χ1n) is 10.1. The summed E-state index contributed by atoms with van der Waals surface area (Å²) >= 11 is 0. The fourth-order valence-electron chi connectivity index (χ4n) is 3.49. The molecule has 30 heavy (non-hydrogen) atoms. The molecule has 0 spiro atoms. The normalized spacial score (nSPS) is 15.2. The van der Waals surface area contributed by atoms with Gasteiger partial charge in [0, 0.05) is 26.3 Å². The number of carbonyl (C=O) groups excluding carboxylic acids is 1. The average molecular weight is 431 g/mol. The van der Waals surface area contributed by atoms with Crippen LogP contribution in [0, 0.1) is 0 Å². The zero-order valence-electron chi connectivity index (χ0n) is 18.5. The number of carbonyl (C=O) groups is 1. The minimum atomic E-state index is -3.50. The van der Waals surface area contributed by atoms with Crippen molar-refractivity contribution in [3.63, 3.8) is 0 Å². The highest BCUT2D eigenvalue weighted by Crippen LogP contribution is 2.32. The first-order chi connectivity index (χ1) is 13.9. The molecule has 1 atom stereocenters. The molecule has 6 nitrogen and oxygen atoms in total. The minimum Gasteiger partial charge on any atom is -0.481 e. The maximum Gasteiger partial charge on any atom is 0.267 e. The Morgan fingerprint density at radius 2 is 1.73 bits per heavy atom. The molecular weight excluding hydrogens is 400 g/mol. The van der Waals surface area contributed by atoms with Crippen LogP contribution in [-0.4, -0.2) is 45.4 Å². The molecule has 0 aliphatic carbocycles. The molecule has 1 aliphatic rings. The summed E-state index contributed by atoms with van der Waals surface area (Å²) in [5.41, 5.74) is 2.85. The van der Waals surface area contributed by atoms with Gasteiger partial charge in [0.1, 0.15) is 5.75 Å². The van der Waals surface area contributed by atoms with Gasteiger partial charge in [-0.05, 0) is 60.2 Å². The van der Waals surface area contributed by atoms with Gasteiger partial charge in [-0.25, -0.2) is 12.7 Å². The van der Waals surface area contributed by atoms with Crippen LogP contribution in [0.3, 0.4) is 0 Å².